The van der Waals surface area contributed by atoms with Crippen molar-refractivity contribution in [2.45, 2.75) is 35.8 Å². The Morgan fingerprint density at radius 1 is 0.921 bits per heavy atom. The smallest absolute Gasteiger partial charge is 0.240 e. The number of likely N-dealkylation sites (tertiary alicyclic amines) is 1. The monoisotopic (exact) mass is 525 g/mol. The Morgan fingerprint density at radius 2 is 1.68 bits per heavy atom. The van der Waals surface area contributed by atoms with Crippen molar-refractivity contribution in [3.63, 3.8) is 0 Å². The summed E-state index contributed by atoms with van der Waals surface area (Å²) in [5, 5.41) is 1.25. The van der Waals surface area contributed by atoms with Crippen LogP contribution >= 0.6 is 11.8 Å². The number of hydrogen-bond donors (Lipinski definition) is 1. The molecule has 0 saturated carbocycles. The summed E-state index contributed by atoms with van der Waals surface area (Å²) in [6.45, 7) is 5.29. The number of fused-ring (bicyclic) bond motifs is 1. The Bertz CT molecular complexity index is 1340. The zero-order valence-corrected chi connectivity index (χ0v) is 22.7. The molecule has 1 N–H and O–H groups in total. The lowest BCUT2D eigenvalue weighted by Gasteiger charge is -2.29. The van der Waals surface area contributed by atoms with Gasteiger partial charge in [-0.15, -0.1) is 0 Å². The van der Waals surface area contributed by atoms with Gasteiger partial charge >= 0.3 is 0 Å². The molecule has 4 aromatic rings. The Hall–Kier alpha value is -3.13. The number of hydrogen-bond acceptors (Lipinski definition) is 5. The van der Waals surface area contributed by atoms with Gasteiger partial charge in [-0.25, -0.2) is 4.98 Å². The van der Waals surface area contributed by atoms with E-state index in [2.05, 4.69) is 81.3 Å². The summed E-state index contributed by atoms with van der Waals surface area (Å²) >= 11 is 1.78. The standard InChI is InChI=1S/C31H35N5OS/c1-34-16-7-17-35(19-18-34)30(37)29-20-26(38-31-32-27-10-5-6-11-28(27)33-31)22-36(29)21-23-12-14-25(15-13-23)24-8-3-2-4-9-24/h2-6,8-15,26,29H,7,16-22H2,1H3,(H,32,33)/t26-,29+/m1/s1. The minimum atomic E-state index is -0.103. The van der Waals surface area contributed by atoms with Gasteiger partial charge in [0, 0.05) is 38.0 Å². The molecule has 0 bridgehead atoms. The zero-order valence-electron chi connectivity index (χ0n) is 21.9. The number of amides is 1. The van der Waals surface area contributed by atoms with Gasteiger partial charge in [-0.2, -0.15) is 0 Å². The molecular formula is C31H35N5OS. The molecule has 7 heteroatoms. The van der Waals surface area contributed by atoms with Crippen LogP contribution in [0.3, 0.4) is 0 Å². The van der Waals surface area contributed by atoms with Gasteiger partial charge in [0.15, 0.2) is 5.16 Å². The van der Waals surface area contributed by atoms with Crippen molar-refractivity contribution in [3.8, 4) is 11.1 Å². The number of rotatable bonds is 6. The van der Waals surface area contributed by atoms with Gasteiger partial charge < -0.3 is 14.8 Å². The Labute approximate surface area is 229 Å². The van der Waals surface area contributed by atoms with Crippen LogP contribution in [0.25, 0.3) is 22.2 Å². The lowest BCUT2D eigenvalue weighted by Crippen LogP contribution is -2.46. The van der Waals surface area contributed by atoms with E-state index in [1.165, 1.54) is 16.7 Å². The van der Waals surface area contributed by atoms with Gasteiger partial charge in [0.25, 0.3) is 0 Å². The number of aromatic nitrogens is 2. The number of nitrogens with zero attached hydrogens (tertiary/aromatic N) is 4. The first kappa shape index (κ1) is 25.2. The number of nitrogens with one attached hydrogen (secondary N) is 1. The number of thioether (sulfide) groups is 1. The summed E-state index contributed by atoms with van der Waals surface area (Å²) in [5.74, 6) is 0.286. The van der Waals surface area contributed by atoms with Gasteiger partial charge in [-0.05, 0) is 55.3 Å². The summed E-state index contributed by atoms with van der Waals surface area (Å²) in [5.41, 5.74) is 5.74. The van der Waals surface area contributed by atoms with Gasteiger partial charge in [-0.1, -0.05) is 78.5 Å². The van der Waals surface area contributed by atoms with E-state index < -0.39 is 0 Å². The van der Waals surface area contributed by atoms with Gasteiger partial charge in [0.1, 0.15) is 0 Å². The Balaban J connectivity index is 1.20. The number of benzene rings is 3. The number of carbonyl (C=O) groups is 1. The van der Waals surface area contributed by atoms with Crippen LogP contribution in [0, 0.1) is 0 Å². The summed E-state index contributed by atoms with van der Waals surface area (Å²) in [4.78, 5) is 29.0. The van der Waals surface area contributed by atoms with Gasteiger partial charge in [-0.3, -0.25) is 9.69 Å². The summed E-state index contributed by atoms with van der Waals surface area (Å²) in [6, 6.07) is 27.3. The molecule has 38 heavy (non-hydrogen) atoms. The highest BCUT2D eigenvalue weighted by molar-refractivity contribution is 7.99. The van der Waals surface area contributed by atoms with Crippen molar-refractivity contribution < 1.29 is 4.79 Å². The first-order valence-corrected chi connectivity index (χ1v) is 14.5. The number of para-hydroxylation sites is 2. The minimum absolute atomic E-state index is 0.103. The maximum Gasteiger partial charge on any atom is 0.240 e. The quantitative estimate of drug-likeness (QED) is 0.378. The van der Waals surface area contributed by atoms with Gasteiger partial charge in [0.05, 0.1) is 17.1 Å². The fraction of sp³-hybridized carbons (Fsp3) is 0.355. The third-order valence-electron chi connectivity index (χ3n) is 7.77. The molecule has 2 fully saturated rings. The summed E-state index contributed by atoms with van der Waals surface area (Å²) < 4.78 is 0. The highest BCUT2D eigenvalue weighted by Crippen LogP contribution is 2.34. The first-order chi connectivity index (χ1) is 18.6. The maximum absolute atomic E-state index is 13.9. The van der Waals surface area contributed by atoms with E-state index in [4.69, 9.17) is 4.98 Å². The van der Waals surface area contributed by atoms with E-state index in [0.29, 0.717) is 5.25 Å². The van der Waals surface area contributed by atoms with E-state index in [1.807, 2.05) is 24.3 Å². The van der Waals surface area contributed by atoms with E-state index in [-0.39, 0.29) is 11.9 Å². The molecule has 0 spiro atoms. The van der Waals surface area contributed by atoms with E-state index in [1.54, 1.807) is 11.8 Å². The third kappa shape index (κ3) is 5.65. The highest BCUT2D eigenvalue weighted by atomic mass is 32.2. The van der Waals surface area contributed by atoms with Gasteiger partial charge in [0.2, 0.25) is 5.91 Å². The van der Waals surface area contributed by atoms with E-state index >= 15 is 0 Å². The topological polar surface area (TPSA) is 55.5 Å². The molecule has 1 aromatic heterocycles. The molecule has 6 nitrogen and oxygen atoms in total. The van der Waals surface area contributed by atoms with E-state index in [9.17, 15) is 4.79 Å². The molecule has 2 aliphatic heterocycles. The number of likely N-dealkylation sites (N-methyl/N-ethyl adjacent to an activating group) is 1. The average molecular weight is 526 g/mol. The molecule has 0 radical (unpaired) electrons. The second-order valence-corrected chi connectivity index (χ2v) is 11.8. The average Bonchev–Trinajstić information content (AvgIpc) is 3.46. The van der Waals surface area contributed by atoms with Crippen molar-refractivity contribution in [1.29, 1.82) is 0 Å². The van der Waals surface area contributed by atoms with Crippen LogP contribution in [0.15, 0.2) is 84.0 Å². The van der Waals surface area contributed by atoms with Crippen LogP contribution < -0.4 is 0 Å². The van der Waals surface area contributed by atoms with Crippen molar-refractivity contribution in [1.82, 2.24) is 24.7 Å². The molecule has 2 saturated heterocycles. The van der Waals surface area contributed by atoms with Crippen molar-refractivity contribution in [2.75, 3.05) is 39.8 Å². The van der Waals surface area contributed by atoms with Crippen molar-refractivity contribution >= 4 is 28.7 Å². The van der Waals surface area contributed by atoms with Crippen molar-refractivity contribution in [2.24, 2.45) is 0 Å². The second-order valence-electron chi connectivity index (χ2n) is 10.5. The van der Waals surface area contributed by atoms with Crippen LogP contribution in [-0.4, -0.2) is 81.6 Å². The molecular weight excluding hydrogens is 490 g/mol. The SMILES string of the molecule is CN1CCCN(C(=O)[C@@H]2C[C@@H](Sc3nc4ccccc4[nH]3)CN2Cc2ccc(-c3ccccc3)cc2)CC1. The minimum Gasteiger partial charge on any atom is -0.340 e. The largest absolute Gasteiger partial charge is 0.340 e. The normalized spacial score (nSPS) is 21.1. The molecule has 0 unspecified atom stereocenters. The fourth-order valence-corrected chi connectivity index (χ4v) is 6.85. The Morgan fingerprint density at radius 3 is 2.50 bits per heavy atom. The van der Waals surface area contributed by atoms with Crippen molar-refractivity contribution in [3.05, 3.63) is 84.4 Å². The van der Waals surface area contributed by atoms with Crippen LogP contribution in [0.4, 0.5) is 0 Å². The molecule has 2 atom stereocenters. The maximum atomic E-state index is 13.9. The predicted molar refractivity (Wildman–Crippen MR) is 155 cm³/mol. The molecule has 2 aliphatic rings. The van der Waals surface area contributed by atoms with Crippen LogP contribution in [-0.2, 0) is 11.3 Å². The molecule has 0 aliphatic carbocycles. The summed E-state index contributed by atoms with van der Waals surface area (Å²) in [7, 11) is 2.15. The van der Waals surface area contributed by atoms with E-state index in [0.717, 1.165) is 68.3 Å². The molecule has 3 heterocycles. The highest BCUT2D eigenvalue weighted by Gasteiger charge is 2.39. The predicted octanol–water partition coefficient (Wildman–Crippen LogP) is 5.13. The number of imidazole rings is 1. The fourth-order valence-electron chi connectivity index (χ4n) is 5.67. The lowest BCUT2D eigenvalue weighted by molar-refractivity contribution is -0.136. The molecule has 1 amide bonds. The number of H-pyrrole nitrogens is 1. The number of carbonyl (C=O) groups excluding carboxylic acids is 1. The van der Waals surface area contributed by atoms with Crippen LogP contribution in [0.2, 0.25) is 0 Å². The third-order valence-corrected chi connectivity index (χ3v) is 8.87. The number of aromatic amines is 1. The van der Waals surface area contributed by atoms with Crippen LogP contribution in [0.1, 0.15) is 18.4 Å². The zero-order chi connectivity index (χ0) is 25.9. The Kier molecular flexibility index (Phi) is 7.49. The van der Waals surface area contributed by atoms with Crippen LogP contribution in [0.5, 0.6) is 0 Å². The molecule has 3 aromatic carbocycles. The molecule has 6 rings (SSSR count). The second kappa shape index (κ2) is 11.3. The summed E-state index contributed by atoms with van der Waals surface area (Å²) in [6.07, 6.45) is 1.88. The first-order valence-electron chi connectivity index (χ1n) is 13.6. The molecule has 196 valence electrons. The lowest BCUT2D eigenvalue weighted by atomic mass is 10.0.